The predicted octanol–water partition coefficient (Wildman–Crippen LogP) is 3.72. The molecule has 0 aromatic carbocycles. The summed E-state index contributed by atoms with van der Waals surface area (Å²) in [6.45, 7) is 0.817. The Morgan fingerprint density at radius 1 is 1.62 bits per heavy atom. The van der Waals surface area contributed by atoms with Gasteiger partial charge in [-0.05, 0) is 12.5 Å². The number of thiophene rings is 1. The molecule has 1 saturated heterocycles. The van der Waals surface area contributed by atoms with Crippen molar-refractivity contribution in [1.82, 2.24) is 0 Å². The van der Waals surface area contributed by atoms with E-state index < -0.39 is 0 Å². The standard InChI is InChI=1S/C9H10Cl2OS/c10-4-6-1-2-12-9(6)8-3-7(11)5-13-8/h3,5-6,9H,1-2,4H2. The molecular weight excluding hydrogens is 227 g/mol. The number of hydrogen-bond donors (Lipinski definition) is 0. The van der Waals surface area contributed by atoms with Crippen molar-refractivity contribution in [3.63, 3.8) is 0 Å². The molecule has 1 aliphatic rings. The van der Waals surface area contributed by atoms with Crippen molar-refractivity contribution in [2.75, 3.05) is 12.5 Å². The Balaban J connectivity index is 2.15. The van der Waals surface area contributed by atoms with E-state index >= 15 is 0 Å². The van der Waals surface area contributed by atoms with Crippen molar-refractivity contribution in [2.45, 2.75) is 12.5 Å². The smallest absolute Gasteiger partial charge is 0.0957 e. The molecular formula is C9H10Cl2OS. The second-order valence-electron chi connectivity index (χ2n) is 3.16. The fraction of sp³-hybridized carbons (Fsp3) is 0.556. The second kappa shape index (κ2) is 4.18. The maximum atomic E-state index is 5.85. The van der Waals surface area contributed by atoms with Gasteiger partial charge in [-0.3, -0.25) is 0 Å². The fourth-order valence-corrected chi connectivity index (χ4v) is 3.12. The summed E-state index contributed by atoms with van der Waals surface area (Å²) >= 11 is 13.4. The van der Waals surface area contributed by atoms with Crippen LogP contribution in [-0.2, 0) is 4.74 Å². The van der Waals surface area contributed by atoms with Gasteiger partial charge in [0.2, 0.25) is 0 Å². The van der Waals surface area contributed by atoms with Crippen LogP contribution in [0.3, 0.4) is 0 Å². The van der Waals surface area contributed by atoms with Crippen molar-refractivity contribution < 1.29 is 4.74 Å². The van der Waals surface area contributed by atoms with E-state index in [1.165, 1.54) is 4.88 Å². The molecule has 2 rings (SSSR count). The van der Waals surface area contributed by atoms with Crippen LogP contribution < -0.4 is 0 Å². The van der Waals surface area contributed by atoms with Gasteiger partial charge in [-0.2, -0.15) is 0 Å². The lowest BCUT2D eigenvalue weighted by Crippen LogP contribution is -2.06. The molecule has 2 unspecified atom stereocenters. The lowest BCUT2D eigenvalue weighted by molar-refractivity contribution is 0.0980. The first-order chi connectivity index (χ1) is 6.31. The van der Waals surface area contributed by atoms with Gasteiger partial charge in [-0.15, -0.1) is 22.9 Å². The molecule has 0 spiro atoms. The Morgan fingerprint density at radius 3 is 3.08 bits per heavy atom. The van der Waals surface area contributed by atoms with Crippen molar-refractivity contribution in [3.8, 4) is 0 Å². The van der Waals surface area contributed by atoms with Gasteiger partial charge in [0, 0.05) is 28.7 Å². The largest absolute Gasteiger partial charge is 0.372 e. The van der Waals surface area contributed by atoms with E-state index in [9.17, 15) is 0 Å². The molecule has 1 fully saturated rings. The number of alkyl halides is 1. The third-order valence-electron chi connectivity index (χ3n) is 2.28. The normalized spacial score (nSPS) is 28.2. The minimum Gasteiger partial charge on any atom is -0.372 e. The van der Waals surface area contributed by atoms with E-state index in [4.69, 9.17) is 27.9 Å². The molecule has 2 heterocycles. The van der Waals surface area contributed by atoms with E-state index in [1.54, 1.807) is 11.3 Å². The summed E-state index contributed by atoms with van der Waals surface area (Å²) in [5.74, 6) is 1.12. The van der Waals surface area contributed by atoms with Crippen LogP contribution in [0.5, 0.6) is 0 Å². The molecule has 0 N–H and O–H groups in total. The summed E-state index contributed by atoms with van der Waals surface area (Å²) < 4.78 is 5.62. The summed E-state index contributed by atoms with van der Waals surface area (Å²) in [5.41, 5.74) is 0. The molecule has 1 nitrogen and oxygen atoms in total. The zero-order chi connectivity index (χ0) is 9.26. The summed E-state index contributed by atoms with van der Waals surface area (Å²) in [5, 5.41) is 2.73. The molecule has 1 aromatic heterocycles. The first-order valence-electron chi connectivity index (χ1n) is 4.22. The Morgan fingerprint density at radius 2 is 2.46 bits per heavy atom. The number of ether oxygens (including phenoxy) is 1. The lowest BCUT2D eigenvalue weighted by atomic mass is 10.0. The van der Waals surface area contributed by atoms with Crippen LogP contribution in [-0.4, -0.2) is 12.5 Å². The molecule has 0 bridgehead atoms. The molecule has 1 aromatic rings. The second-order valence-corrected chi connectivity index (χ2v) is 4.85. The molecule has 0 radical (unpaired) electrons. The number of rotatable bonds is 2. The highest BCUT2D eigenvalue weighted by Crippen LogP contribution is 2.38. The summed E-state index contributed by atoms with van der Waals surface area (Å²) in [4.78, 5) is 1.20. The summed E-state index contributed by atoms with van der Waals surface area (Å²) in [7, 11) is 0. The Kier molecular flexibility index (Phi) is 3.14. The minimum absolute atomic E-state index is 0.176. The minimum atomic E-state index is 0.176. The molecule has 1 aliphatic heterocycles. The van der Waals surface area contributed by atoms with Crippen molar-refractivity contribution in [1.29, 1.82) is 0 Å². The van der Waals surface area contributed by atoms with Crippen LogP contribution in [0.15, 0.2) is 11.4 Å². The van der Waals surface area contributed by atoms with Crippen LogP contribution in [0, 0.1) is 5.92 Å². The average molecular weight is 237 g/mol. The van der Waals surface area contributed by atoms with E-state index in [1.807, 2.05) is 11.4 Å². The Bertz CT molecular complexity index is 287. The quantitative estimate of drug-likeness (QED) is 0.712. The maximum absolute atomic E-state index is 5.85. The molecule has 13 heavy (non-hydrogen) atoms. The number of halogens is 2. The van der Waals surface area contributed by atoms with E-state index in [0.29, 0.717) is 11.8 Å². The maximum Gasteiger partial charge on any atom is 0.0957 e. The average Bonchev–Trinajstić information content (AvgIpc) is 2.71. The third kappa shape index (κ3) is 2.01. The number of hydrogen-bond acceptors (Lipinski definition) is 2. The van der Waals surface area contributed by atoms with Crippen LogP contribution in [0.4, 0.5) is 0 Å². The molecule has 2 atom stereocenters. The lowest BCUT2D eigenvalue weighted by Gasteiger charge is -2.13. The van der Waals surface area contributed by atoms with E-state index in [2.05, 4.69) is 0 Å². The van der Waals surface area contributed by atoms with Crippen molar-refractivity contribution in [2.24, 2.45) is 5.92 Å². The van der Waals surface area contributed by atoms with Crippen LogP contribution in [0.25, 0.3) is 0 Å². The van der Waals surface area contributed by atoms with Gasteiger partial charge in [-0.1, -0.05) is 11.6 Å². The van der Waals surface area contributed by atoms with Crippen LogP contribution in [0.2, 0.25) is 5.02 Å². The molecule has 0 saturated carbocycles. The predicted molar refractivity (Wildman–Crippen MR) is 56.8 cm³/mol. The molecule has 4 heteroatoms. The first kappa shape index (κ1) is 9.78. The highest BCUT2D eigenvalue weighted by Gasteiger charge is 2.29. The molecule has 0 aliphatic carbocycles. The fourth-order valence-electron chi connectivity index (χ4n) is 1.58. The van der Waals surface area contributed by atoms with Gasteiger partial charge in [-0.25, -0.2) is 0 Å². The highest BCUT2D eigenvalue weighted by atomic mass is 35.5. The van der Waals surface area contributed by atoms with Crippen LogP contribution in [0.1, 0.15) is 17.4 Å². The zero-order valence-corrected chi connectivity index (χ0v) is 9.33. The van der Waals surface area contributed by atoms with Crippen molar-refractivity contribution >= 4 is 34.5 Å². The summed E-state index contributed by atoms with van der Waals surface area (Å²) in [6, 6.07) is 1.97. The van der Waals surface area contributed by atoms with E-state index in [0.717, 1.165) is 18.1 Å². The SMILES string of the molecule is ClCC1CCOC1c1cc(Cl)cs1. The Hall–Kier alpha value is 0.240. The van der Waals surface area contributed by atoms with Crippen molar-refractivity contribution in [3.05, 3.63) is 21.3 Å². The van der Waals surface area contributed by atoms with Gasteiger partial charge in [0.15, 0.2) is 0 Å². The monoisotopic (exact) mass is 236 g/mol. The van der Waals surface area contributed by atoms with Gasteiger partial charge >= 0.3 is 0 Å². The van der Waals surface area contributed by atoms with E-state index in [-0.39, 0.29) is 6.10 Å². The topological polar surface area (TPSA) is 9.23 Å². The highest BCUT2D eigenvalue weighted by molar-refractivity contribution is 7.10. The van der Waals surface area contributed by atoms with Crippen LogP contribution >= 0.6 is 34.5 Å². The molecule has 72 valence electrons. The first-order valence-corrected chi connectivity index (χ1v) is 6.02. The van der Waals surface area contributed by atoms with Gasteiger partial charge in [0.05, 0.1) is 11.1 Å². The van der Waals surface area contributed by atoms with Gasteiger partial charge in [0.25, 0.3) is 0 Å². The zero-order valence-electron chi connectivity index (χ0n) is 7.00. The third-order valence-corrected chi connectivity index (χ3v) is 4.02. The van der Waals surface area contributed by atoms with Gasteiger partial charge < -0.3 is 4.74 Å². The van der Waals surface area contributed by atoms with Gasteiger partial charge in [0.1, 0.15) is 0 Å². The summed E-state index contributed by atoms with van der Waals surface area (Å²) in [6.07, 6.45) is 1.24. The molecule has 0 amide bonds. The Labute approximate surface area is 91.6 Å².